The summed E-state index contributed by atoms with van der Waals surface area (Å²) in [6.45, 7) is -0.587. The van der Waals surface area contributed by atoms with Gasteiger partial charge in [-0.15, -0.1) is 0 Å². The molecule has 26 heavy (non-hydrogen) atoms. The molecule has 132 valence electrons. The molecule has 3 aromatic rings. The number of nitrogens with zero attached hydrogens (tertiary/aromatic N) is 1. The van der Waals surface area contributed by atoms with E-state index in [9.17, 15) is 14.7 Å². The summed E-state index contributed by atoms with van der Waals surface area (Å²) in [6.07, 6.45) is 0. The van der Waals surface area contributed by atoms with Crippen LogP contribution in [0.2, 0.25) is 5.15 Å². The highest BCUT2D eigenvalue weighted by molar-refractivity contribution is 14.1. The fourth-order valence-electron chi connectivity index (χ4n) is 2.60. The molecule has 3 rings (SSSR count). The van der Waals surface area contributed by atoms with Crippen LogP contribution >= 0.6 is 34.2 Å². The SMILES string of the molecule is O=C(O)CNC(=O)c1nc(Cl)c2c(-c3ccccc3)ccc(I)c2c1O. The normalized spacial score (nSPS) is 10.7. The molecule has 0 spiro atoms. The molecule has 0 bridgehead atoms. The molecule has 1 aromatic heterocycles. The van der Waals surface area contributed by atoms with E-state index in [1.54, 1.807) is 6.07 Å². The molecule has 8 heteroatoms. The van der Waals surface area contributed by atoms with Gasteiger partial charge >= 0.3 is 5.97 Å². The van der Waals surface area contributed by atoms with Crippen LogP contribution in [0, 0.1) is 3.57 Å². The van der Waals surface area contributed by atoms with Crippen molar-refractivity contribution in [3.8, 4) is 16.9 Å². The highest BCUT2D eigenvalue weighted by Crippen LogP contribution is 2.40. The zero-order chi connectivity index (χ0) is 18.8. The Morgan fingerprint density at radius 2 is 1.81 bits per heavy atom. The van der Waals surface area contributed by atoms with E-state index in [0.29, 0.717) is 14.3 Å². The van der Waals surface area contributed by atoms with E-state index >= 15 is 0 Å². The van der Waals surface area contributed by atoms with Gasteiger partial charge in [-0.25, -0.2) is 4.98 Å². The summed E-state index contributed by atoms with van der Waals surface area (Å²) in [6, 6.07) is 13.1. The van der Waals surface area contributed by atoms with E-state index < -0.39 is 18.4 Å². The Kier molecular flexibility index (Phi) is 5.28. The number of rotatable bonds is 4. The second kappa shape index (κ2) is 7.46. The summed E-state index contributed by atoms with van der Waals surface area (Å²) < 4.78 is 0.686. The average Bonchev–Trinajstić information content (AvgIpc) is 2.63. The summed E-state index contributed by atoms with van der Waals surface area (Å²) >= 11 is 8.38. The fraction of sp³-hybridized carbons (Fsp3) is 0.0556. The van der Waals surface area contributed by atoms with Crippen LogP contribution in [-0.2, 0) is 4.79 Å². The Bertz CT molecular complexity index is 1020. The van der Waals surface area contributed by atoms with Crippen LogP contribution in [0.3, 0.4) is 0 Å². The summed E-state index contributed by atoms with van der Waals surface area (Å²) in [5, 5.41) is 22.5. The van der Waals surface area contributed by atoms with Gasteiger partial charge in [0, 0.05) is 14.3 Å². The predicted molar refractivity (Wildman–Crippen MR) is 107 cm³/mol. The van der Waals surface area contributed by atoms with Crippen LogP contribution < -0.4 is 5.32 Å². The maximum atomic E-state index is 12.2. The smallest absolute Gasteiger partial charge is 0.322 e. The number of hydrogen-bond donors (Lipinski definition) is 3. The van der Waals surface area contributed by atoms with Crippen molar-refractivity contribution in [1.29, 1.82) is 0 Å². The van der Waals surface area contributed by atoms with Crippen LogP contribution in [0.1, 0.15) is 10.5 Å². The molecule has 0 saturated heterocycles. The average molecular weight is 483 g/mol. The van der Waals surface area contributed by atoms with Gasteiger partial charge in [-0.2, -0.15) is 0 Å². The molecule has 2 aromatic carbocycles. The number of carboxylic acid groups (broad SMARTS) is 1. The number of fused-ring (bicyclic) bond motifs is 1. The van der Waals surface area contributed by atoms with Gasteiger partial charge in [-0.3, -0.25) is 9.59 Å². The minimum absolute atomic E-state index is 0.0515. The second-order valence-corrected chi connectivity index (χ2v) is 6.91. The quantitative estimate of drug-likeness (QED) is 0.389. The van der Waals surface area contributed by atoms with Crippen molar-refractivity contribution in [2.45, 2.75) is 0 Å². The number of hydrogen-bond acceptors (Lipinski definition) is 4. The predicted octanol–water partition coefficient (Wildman–Crippen LogP) is 3.68. The molecule has 6 nitrogen and oxygen atoms in total. The van der Waals surface area contributed by atoms with Crippen molar-refractivity contribution in [3.63, 3.8) is 0 Å². The van der Waals surface area contributed by atoms with Crippen LogP contribution in [0.25, 0.3) is 21.9 Å². The van der Waals surface area contributed by atoms with Gasteiger partial charge in [0.1, 0.15) is 11.7 Å². The molecule has 0 radical (unpaired) electrons. The molecule has 0 aliphatic rings. The highest BCUT2D eigenvalue weighted by Gasteiger charge is 2.22. The molecule has 0 saturated carbocycles. The van der Waals surface area contributed by atoms with Crippen LogP contribution in [0.15, 0.2) is 42.5 Å². The van der Waals surface area contributed by atoms with E-state index in [4.69, 9.17) is 16.7 Å². The summed E-state index contributed by atoms with van der Waals surface area (Å²) in [5.41, 5.74) is 1.35. The monoisotopic (exact) mass is 482 g/mol. The molecule has 0 aliphatic heterocycles. The standard InChI is InChI=1S/C18H12ClIN2O4/c19-17-13-10(9-4-2-1-3-5-9)6-7-11(20)14(13)16(25)15(22-17)18(26)21-8-12(23)24/h1-7,25H,8H2,(H,21,26)(H,23,24). The number of carboxylic acids is 1. The third-order valence-electron chi connectivity index (χ3n) is 3.73. The van der Waals surface area contributed by atoms with Gasteiger partial charge in [-0.1, -0.05) is 48.0 Å². The van der Waals surface area contributed by atoms with Crippen molar-refractivity contribution >= 4 is 56.8 Å². The Hall–Kier alpha value is -2.39. The van der Waals surface area contributed by atoms with Gasteiger partial charge < -0.3 is 15.5 Å². The number of benzene rings is 2. The van der Waals surface area contributed by atoms with Crippen molar-refractivity contribution in [2.24, 2.45) is 0 Å². The van der Waals surface area contributed by atoms with E-state index in [0.717, 1.165) is 11.1 Å². The van der Waals surface area contributed by atoms with Crippen molar-refractivity contribution < 1.29 is 19.8 Å². The van der Waals surface area contributed by atoms with Gasteiger partial charge in [0.2, 0.25) is 0 Å². The van der Waals surface area contributed by atoms with Crippen molar-refractivity contribution in [3.05, 3.63) is 56.9 Å². The first-order chi connectivity index (χ1) is 12.4. The van der Waals surface area contributed by atoms with Gasteiger partial charge in [0.25, 0.3) is 5.91 Å². The van der Waals surface area contributed by atoms with Gasteiger partial charge in [-0.05, 0) is 39.8 Å². The van der Waals surface area contributed by atoms with Gasteiger partial charge in [0.15, 0.2) is 11.4 Å². The summed E-state index contributed by atoms with van der Waals surface area (Å²) in [4.78, 5) is 26.8. The Labute approximate surface area is 167 Å². The first kappa shape index (κ1) is 18.4. The molecular weight excluding hydrogens is 471 g/mol. The maximum absolute atomic E-state index is 12.2. The lowest BCUT2D eigenvalue weighted by Gasteiger charge is -2.14. The third-order valence-corrected chi connectivity index (χ3v) is 4.90. The number of aliphatic carboxylic acids is 1. The van der Waals surface area contributed by atoms with E-state index in [1.165, 1.54) is 0 Å². The van der Waals surface area contributed by atoms with E-state index in [-0.39, 0.29) is 16.6 Å². The molecule has 0 atom stereocenters. The number of pyridine rings is 1. The van der Waals surface area contributed by atoms with E-state index in [2.05, 4.69) is 10.3 Å². The zero-order valence-corrected chi connectivity index (χ0v) is 16.1. The number of aromatic nitrogens is 1. The lowest BCUT2D eigenvalue weighted by atomic mass is 9.98. The number of nitrogens with one attached hydrogen (secondary N) is 1. The number of halogens is 2. The summed E-state index contributed by atoms with van der Waals surface area (Å²) in [7, 11) is 0. The largest absolute Gasteiger partial charge is 0.505 e. The zero-order valence-electron chi connectivity index (χ0n) is 13.2. The van der Waals surface area contributed by atoms with Gasteiger partial charge in [0.05, 0.1) is 0 Å². The summed E-state index contributed by atoms with van der Waals surface area (Å²) in [5.74, 6) is -2.35. The Balaban J connectivity index is 2.23. The number of amides is 1. The molecular formula is C18H12ClIN2O4. The third kappa shape index (κ3) is 3.45. The minimum atomic E-state index is -1.20. The van der Waals surface area contributed by atoms with E-state index in [1.807, 2.05) is 59.0 Å². The first-order valence-electron chi connectivity index (χ1n) is 7.46. The second-order valence-electron chi connectivity index (χ2n) is 5.39. The molecule has 0 unspecified atom stereocenters. The molecule has 1 heterocycles. The lowest BCUT2D eigenvalue weighted by Crippen LogP contribution is -2.30. The topological polar surface area (TPSA) is 99.5 Å². The number of carbonyl (C=O) groups excluding carboxylic acids is 1. The fourth-order valence-corrected chi connectivity index (χ4v) is 3.59. The number of aromatic hydroxyl groups is 1. The maximum Gasteiger partial charge on any atom is 0.322 e. The van der Waals surface area contributed by atoms with Crippen molar-refractivity contribution in [1.82, 2.24) is 10.3 Å². The van der Waals surface area contributed by atoms with Crippen LogP contribution in [0.5, 0.6) is 5.75 Å². The Morgan fingerprint density at radius 3 is 2.46 bits per heavy atom. The minimum Gasteiger partial charge on any atom is -0.505 e. The molecule has 3 N–H and O–H groups in total. The molecule has 0 aliphatic carbocycles. The lowest BCUT2D eigenvalue weighted by molar-refractivity contribution is -0.135. The molecule has 0 fully saturated rings. The highest BCUT2D eigenvalue weighted by atomic mass is 127. The number of carbonyl (C=O) groups is 2. The van der Waals surface area contributed by atoms with Crippen molar-refractivity contribution in [2.75, 3.05) is 6.54 Å². The molecule has 1 amide bonds. The van der Waals surface area contributed by atoms with Crippen LogP contribution in [0.4, 0.5) is 0 Å². The Morgan fingerprint density at radius 1 is 1.12 bits per heavy atom. The first-order valence-corrected chi connectivity index (χ1v) is 8.92. The van der Waals surface area contributed by atoms with Crippen LogP contribution in [-0.4, -0.2) is 33.6 Å².